The maximum absolute atomic E-state index is 13.3. The largest absolute Gasteiger partial charge is 0.511 e. The van der Waals surface area contributed by atoms with E-state index in [1.807, 2.05) is 19.0 Å². The molecule has 0 heterocycles. The Morgan fingerprint density at radius 2 is 1.87 bits per heavy atom. The molecule has 1 amide bonds. The van der Waals surface area contributed by atoms with Gasteiger partial charge in [-0.15, -0.1) is 0 Å². The van der Waals surface area contributed by atoms with Crippen molar-refractivity contribution >= 4 is 17.5 Å². The molecule has 158 valence electrons. The fourth-order valence-electron chi connectivity index (χ4n) is 5.19. The van der Waals surface area contributed by atoms with Gasteiger partial charge in [0.15, 0.2) is 11.6 Å². The van der Waals surface area contributed by atoms with Gasteiger partial charge in [-0.25, -0.2) is 0 Å². The van der Waals surface area contributed by atoms with Gasteiger partial charge in [-0.1, -0.05) is 6.07 Å². The summed E-state index contributed by atoms with van der Waals surface area (Å²) in [5, 5.41) is 31.5. The Bertz CT molecular complexity index is 1050. The number of aliphatic hydroxyl groups is 2. The number of hydrogen-bond acceptors (Lipinski definition) is 7. The molecule has 0 spiro atoms. The van der Waals surface area contributed by atoms with Crippen LogP contribution in [-0.2, 0) is 22.6 Å². The summed E-state index contributed by atoms with van der Waals surface area (Å²) in [6.07, 6.45) is 0.866. The van der Waals surface area contributed by atoms with E-state index in [4.69, 9.17) is 5.73 Å². The van der Waals surface area contributed by atoms with Crippen LogP contribution in [0.1, 0.15) is 34.3 Å². The fourth-order valence-corrected chi connectivity index (χ4v) is 5.19. The molecule has 0 radical (unpaired) electrons. The standard InChI is InChI=1S/C22H24N2O6/c1-24(2)8-9-3-4-13(25)17-12(9)6-10-5-11-7-14(26)18(22(23)30)21(29)16(11)19(27)15(10)20(17)28/h3-4,10-11,16,25-27H,5-8H2,1-2H3,(H2,23,30). The number of hydrogen-bond donors (Lipinski definition) is 4. The van der Waals surface area contributed by atoms with E-state index < -0.39 is 34.9 Å². The number of fused-ring (bicyclic) bond motifs is 3. The molecule has 3 aliphatic rings. The minimum absolute atomic E-state index is 0.0359. The van der Waals surface area contributed by atoms with Crippen LogP contribution in [-0.4, -0.2) is 51.8 Å². The number of phenols is 1. The second-order valence-corrected chi connectivity index (χ2v) is 8.59. The quantitative estimate of drug-likeness (QED) is 0.552. The van der Waals surface area contributed by atoms with Gasteiger partial charge < -0.3 is 26.0 Å². The second-order valence-electron chi connectivity index (χ2n) is 8.59. The molecular formula is C22H24N2O6. The highest BCUT2D eigenvalue weighted by Crippen LogP contribution is 2.49. The number of carbonyl (C=O) groups excluding carboxylic acids is 3. The van der Waals surface area contributed by atoms with E-state index >= 15 is 0 Å². The lowest BCUT2D eigenvalue weighted by atomic mass is 9.62. The number of aromatic hydroxyl groups is 1. The summed E-state index contributed by atoms with van der Waals surface area (Å²) in [5.41, 5.74) is 6.65. The molecule has 0 fully saturated rings. The van der Waals surface area contributed by atoms with Gasteiger partial charge in [0.1, 0.15) is 22.8 Å². The zero-order valence-corrected chi connectivity index (χ0v) is 16.8. The van der Waals surface area contributed by atoms with E-state index in [0.29, 0.717) is 19.4 Å². The van der Waals surface area contributed by atoms with Crippen LogP contribution in [0.4, 0.5) is 0 Å². The van der Waals surface area contributed by atoms with Gasteiger partial charge in [-0.2, -0.15) is 0 Å². The van der Waals surface area contributed by atoms with Crippen molar-refractivity contribution < 1.29 is 29.7 Å². The van der Waals surface area contributed by atoms with Crippen LogP contribution < -0.4 is 5.73 Å². The molecule has 4 rings (SSSR count). The zero-order valence-electron chi connectivity index (χ0n) is 16.8. The van der Waals surface area contributed by atoms with Gasteiger partial charge >= 0.3 is 0 Å². The summed E-state index contributed by atoms with van der Waals surface area (Å²) in [5.74, 6) is -5.08. The lowest BCUT2D eigenvalue weighted by Gasteiger charge is -2.41. The molecule has 30 heavy (non-hydrogen) atoms. The molecule has 3 aliphatic carbocycles. The molecule has 1 aromatic carbocycles. The minimum atomic E-state index is -1.09. The first kappa shape index (κ1) is 20.2. The third-order valence-corrected chi connectivity index (χ3v) is 6.35. The van der Waals surface area contributed by atoms with Gasteiger partial charge in [0, 0.05) is 18.5 Å². The van der Waals surface area contributed by atoms with Crippen molar-refractivity contribution in [1.29, 1.82) is 0 Å². The topological polar surface area (TPSA) is 141 Å². The van der Waals surface area contributed by atoms with Gasteiger partial charge in [0.2, 0.25) is 0 Å². The van der Waals surface area contributed by atoms with Crippen molar-refractivity contribution in [3.05, 3.63) is 51.5 Å². The van der Waals surface area contributed by atoms with Gasteiger partial charge in [0.05, 0.1) is 11.5 Å². The van der Waals surface area contributed by atoms with Gasteiger partial charge in [-0.05, 0) is 56.0 Å². The van der Waals surface area contributed by atoms with Gasteiger partial charge in [-0.3, -0.25) is 14.4 Å². The first-order valence-corrected chi connectivity index (χ1v) is 9.84. The smallest absolute Gasteiger partial charge is 0.255 e. The molecule has 3 unspecified atom stereocenters. The van der Waals surface area contributed by atoms with E-state index in [1.54, 1.807) is 6.07 Å². The van der Waals surface area contributed by atoms with Crippen molar-refractivity contribution in [1.82, 2.24) is 4.90 Å². The number of Topliss-reactive ketones (excluding diaryl/α,β-unsaturated/α-hetero) is 2. The van der Waals surface area contributed by atoms with E-state index in [9.17, 15) is 29.7 Å². The third-order valence-electron chi connectivity index (χ3n) is 6.35. The Balaban J connectivity index is 1.83. The molecule has 0 bridgehead atoms. The summed E-state index contributed by atoms with van der Waals surface area (Å²) in [7, 11) is 3.82. The molecule has 0 saturated heterocycles. The van der Waals surface area contributed by atoms with E-state index in [0.717, 1.165) is 11.1 Å². The SMILES string of the molecule is CN(C)Cc1ccc(O)c2c1CC1CC3CC(O)=C(C(N)=O)C(=O)C3C(O)=C1C2=O. The summed E-state index contributed by atoms with van der Waals surface area (Å²) in [6.45, 7) is 0.587. The highest BCUT2D eigenvalue weighted by molar-refractivity contribution is 6.22. The number of nitrogens with two attached hydrogens (primary N) is 1. The average Bonchev–Trinajstić information content (AvgIpc) is 2.62. The van der Waals surface area contributed by atoms with Crippen molar-refractivity contribution in [3.8, 4) is 5.75 Å². The lowest BCUT2D eigenvalue weighted by Crippen LogP contribution is -2.43. The number of allylic oxidation sites excluding steroid dienone is 3. The molecule has 0 saturated carbocycles. The van der Waals surface area contributed by atoms with E-state index in [2.05, 4.69) is 0 Å². The predicted molar refractivity (Wildman–Crippen MR) is 107 cm³/mol. The first-order chi connectivity index (χ1) is 14.1. The normalized spacial score (nSPS) is 25.9. The van der Waals surface area contributed by atoms with Crippen LogP contribution in [0, 0.1) is 17.8 Å². The summed E-state index contributed by atoms with van der Waals surface area (Å²) >= 11 is 0. The van der Waals surface area contributed by atoms with Crippen molar-refractivity contribution in [2.75, 3.05) is 14.1 Å². The predicted octanol–water partition coefficient (Wildman–Crippen LogP) is 1.53. The van der Waals surface area contributed by atoms with Crippen molar-refractivity contribution in [2.45, 2.75) is 25.8 Å². The number of benzene rings is 1. The number of ketones is 2. The Morgan fingerprint density at radius 1 is 1.17 bits per heavy atom. The molecule has 8 nitrogen and oxygen atoms in total. The molecule has 3 atom stereocenters. The maximum Gasteiger partial charge on any atom is 0.255 e. The Labute approximate surface area is 173 Å². The molecule has 8 heteroatoms. The summed E-state index contributed by atoms with van der Waals surface area (Å²) < 4.78 is 0. The van der Waals surface area contributed by atoms with Crippen LogP contribution in [0.25, 0.3) is 0 Å². The van der Waals surface area contributed by atoms with Crippen LogP contribution in [0.3, 0.4) is 0 Å². The number of aliphatic hydroxyl groups excluding tert-OH is 2. The Kier molecular flexibility index (Phi) is 4.69. The first-order valence-electron chi connectivity index (χ1n) is 9.84. The molecular weight excluding hydrogens is 388 g/mol. The average molecular weight is 412 g/mol. The van der Waals surface area contributed by atoms with E-state index in [1.165, 1.54) is 6.07 Å². The van der Waals surface area contributed by atoms with Crippen molar-refractivity contribution in [2.24, 2.45) is 23.5 Å². The zero-order chi connectivity index (χ0) is 21.9. The number of primary amides is 1. The monoisotopic (exact) mass is 412 g/mol. The fraction of sp³-hybridized carbons (Fsp3) is 0.409. The number of rotatable bonds is 3. The third kappa shape index (κ3) is 2.90. The Morgan fingerprint density at radius 3 is 2.50 bits per heavy atom. The molecule has 5 N–H and O–H groups in total. The second kappa shape index (κ2) is 6.98. The maximum atomic E-state index is 13.3. The Hall–Kier alpha value is -3.13. The summed E-state index contributed by atoms with van der Waals surface area (Å²) in [6, 6.07) is 3.26. The lowest BCUT2D eigenvalue weighted by molar-refractivity contribution is -0.126. The minimum Gasteiger partial charge on any atom is -0.511 e. The highest BCUT2D eigenvalue weighted by Gasteiger charge is 2.50. The van der Waals surface area contributed by atoms with E-state index in [-0.39, 0.29) is 40.7 Å². The van der Waals surface area contributed by atoms with Gasteiger partial charge in [0.25, 0.3) is 5.91 Å². The van der Waals surface area contributed by atoms with Crippen LogP contribution in [0.2, 0.25) is 0 Å². The van der Waals surface area contributed by atoms with Crippen LogP contribution >= 0.6 is 0 Å². The molecule has 0 aromatic heterocycles. The molecule has 0 aliphatic heterocycles. The number of phenolic OH excluding ortho intramolecular Hbond substituents is 1. The van der Waals surface area contributed by atoms with Crippen molar-refractivity contribution in [3.63, 3.8) is 0 Å². The number of nitrogens with zero attached hydrogens (tertiary/aromatic N) is 1. The summed E-state index contributed by atoms with van der Waals surface area (Å²) in [4.78, 5) is 39.7. The van der Waals surface area contributed by atoms with Crippen LogP contribution in [0.5, 0.6) is 5.75 Å². The van der Waals surface area contributed by atoms with Crippen LogP contribution in [0.15, 0.2) is 34.8 Å². The molecule has 1 aromatic rings. The number of carbonyl (C=O) groups is 3. The number of amides is 1. The highest BCUT2D eigenvalue weighted by atomic mass is 16.3.